The van der Waals surface area contributed by atoms with Crippen LogP contribution in [0.25, 0.3) is 0 Å². The Balaban J connectivity index is 3.23. The average Bonchev–Trinajstić information content (AvgIpc) is 2.28. The van der Waals surface area contributed by atoms with Crippen LogP contribution >= 0.6 is 27.5 Å². The summed E-state index contributed by atoms with van der Waals surface area (Å²) < 4.78 is 30.2. The number of ether oxygens (including phenoxy) is 1. The Kier molecular flexibility index (Phi) is 5.27. The van der Waals surface area contributed by atoms with E-state index in [4.69, 9.17) is 11.6 Å². The van der Waals surface area contributed by atoms with E-state index in [0.717, 1.165) is 0 Å². The number of rotatable bonds is 4. The molecule has 0 aliphatic heterocycles. The number of carbonyl (C=O) groups excluding carboxylic acids is 1. The normalized spacial score (nSPS) is 10.7. The highest BCUT2D eigenvalue weighted by atomic mass is 79.9. The molecule has 0 fully saturated rings. The molecule has 0 saturated heterocycles. The lowest BCUT2D eigenvalue weighted by Gasteiger charge is -2.11. The predicted octanol–water partition coefficient (Wildman–Crippen LogP) is 3.24. The third kappa shape index (κ3) is 3.61. The molecule has 0 aliphatic carbocycles. The third-order valence-corrected chi connectivity index (χ3v) is 2.79. The summed E-state index contributed by atoms with van der Waals surface area (Å²) in [5, 5.41) is 0. The summed E-state index contributed by atoms with van der Waals surface area (Å²) in [6.07, 6.45) is -2.85. The fourth-order valence-electron chi connectivity index (χ4n) is 1.33. The topological polar surface area (TPSA) is 39.2 Å². The van der Waals surface area contributed by atoms with Gasteiger partial charge in [-0.05, 0) is 33.1 Å². The first-order chi connectivity index (χ1) is 7.99. The van der Waals surface area contributed by atoms with Crippen LogP contribution in [0.3, 0.4) is 0 Å². The molecule has 0 bridgehead atoms. The largest absolute Gasteiger partial charge is 0.469 e. The first-order valence-corrected chi connectivity index (χ1v) is 5.91. The Morgan fingerprint density at radius 3 is 2.76 bits per heavy atom. The van der Waals surface area contributed by atoms with Gasteiger partial charge in [-0.15, -0.1) is 11.6 Å². The molecule has 0 N–H and O–H groups in total. The molecule has 0 aromatic carbocycles. The molecule has 1 rings (SSSR count). The van der Waals surface area contributed by atoms with Crippen LogP contribution in [-0.4, -0.2) is 18.1 Å². The predicted molar refractivity (Wildman–Crippen MR) is 62.2 cm³/mol. The van der Waals surface area contributed by atoms with Gasteiger partial charge in [0.05, 0.1) is 13.5 Å². The van der Waals surface area contributed by atoms with Crippen molar-refractivity contribution in [2.24, 2.45) is 0 Å². The number of hydrogen-bond acceptors (Lipinski definition) is 3. The summed E-state index contributed by atoms with van der Waals surface area (Å²) in [7, 11) is 1.23. The molecule has 1 aromatic heterocycles. The highest BCUT2D eigenvalue weighted by Gasteiger charge is 2.20. The van der Waals surface area contributed by atoms with E-state index in [1.165, 1.54) is 13.2 Å². The number of methoxy groups -OCH3 is 1. The molecule has 7 heteroatoms. The van der Waals surface area contributed by atoms with Crippen LogP contribution in [0.1, 0.15) is 23.2 Å². The zero-order chi connectivity index (χ0) is 13.0. The molecule has 1 aromatic rings. The molecule has 0 unspecified atom stereocenters. The quantitative estimate of drug-likeness (QED) is 0.484. The second kappa shape index (κ2) is 6.26. The number of esters is 1. The van der Waals surface area contributed by atoms with Crippen LogP contribution in [0.15, 0.2) is 10.7 Å². The van der Waals surface area contributed by atoms with Gasteiger partial charge in [0.2, 0.25) is 0 Å². The lowest BCUT2D eigenvalue weighted by atomic mass is 10.1. The first-order valence-electron chi connectivity index (χ1n) is 4.58. The van der Waals surface area contributed by atoms with Gasteiger partial charge in [-0.2, -0.15) is 0 Å². The van der Waals surface area contributed by atoms with Crippen molar-refractivity contribution in [3.8, 4) is 0 Å². The van der Waals surface area contributed by atoms with Gasteiger partial charge < -0.3 is 4.74 Å². The van der Waals surface area contributed by atoms with E-state index in [0.29, 0.717) is 5.56 Å². The van der Waals surface area contributed by atoms with Gasteiger partial charge in [0.15, 0.2) is 0 Å². The van der Waals surface area contributed by atoms with Crippen LogP contribution in [-0.2, 0) is 21.8 Å². The summed E-state index contributed by atoms with van der Waals surface area (Å²) in [6, 6.07) is 1.49. The van der Waals surface area contributed by atoms with Crippen LogP contribution in [0, 0.1) is 0 Å². The highest BCUT2D eigenvalue weighted by molar-refractivity contribution is 9.10. The third-order valence-electron chi connectivity index (χ3n) is 2.12. The average molecular weight is 329 g/mol. The smallest absolute Gasteiger partial charge is 0.309 e. The zero-order valence-electron chi connectivity index (χ0n) is 8.84. The molecule has 0 spiro atoms. The van der Waals surface area contributed by atoms with Crippen molar-refractivity contribution in [1.82, 2.24) is 4.98 Å². The molecule has 17 heavy (non-hydrogen) atoms. The minimum absolute atomic E-state index is 0.112. The van der Waals surface area contributed by atoms with Gasteiger partial charge in [-0.1, -0.05) is 0 Å². The number of halogens is 4. The maximum atomic E-state index is 12.7. The summed E-state index contributed by atoms with van der Waals surface area (Å²) in [6.45, 7) is 0. The number of aromatic nitrogens is 1. The van der Waals surface area contributed by atoms with E-state index in [-0.39, 0.29) is 22.5 Å². The van der Waals surface area contributed by atoms with Gasteiger partial charge >= 0.3 is 5.97 Å². The maximum absolute atomic E-state index is 12.7. The van der Waals surface area contributed by atoms with E-state index in [2.05, 4.69) is 25.7 Å². The van der Waals surface area contributed by atoms with Gasteiger partial charge in [0, 0.05) is 5.88 Å². The van der Waals surface area contributed by atoms with E-state index in [1.54, 1.807) is 0 Å². The Morgan fingerprint density at radius 2 is 2.29 bits per heavy atom. The monoisotopic (exact) mass is 327 g/mol. The molecule has 0 radical (unpaired) electrons. The molecule has 0 saturated carbocycles. The molecule has 1 heterocycles. The summed E-state index contributed by atoms with van der Waals surface area (Å²) in [4.78, 5) is 14.8. The Labute approximate surface area is 110 Å². The van der Waals surface area contributed by atoms with Gasteiger partial charge in [0.1, 0.15) is 10.3 Å². The van der Waals surface area contributed by atoms with Crippen molar-refractivity contribution in [2.75, 3.05) is 7.11 Å². The van der Waals surface area contributed by atoms with Crippen molar-refractivity contribution >= 4 is 33.5 Å². The van der Waals surface area contributed by atoms with E-state index in [1.807, 2.05) is 0 Å². The van der Waals surface area contributed by atoms with Crippen molar-refractivity contribution in [1.29, 1.82) is 0 Å². The van der Waals surface area contributed by atoms with Crippen molar-refractivity contribution in [3.63, 3.8) is 0 Å². The minimum Gasteiger partial charge on any atom is -0.469 e. The molecule has 0 amide bonds. The van der Waals surface area contributed by atoms with Gasteiger partial charge in [-0.25, -0.2) is 13.8 Å². The maximum Gasteiger partial charge on any atom is 0.309 e. The molecule has 0 aliphatic rings. The Bertz CT molecular complexity index is 429. The second-order valence-electron chi connectivity index (χ2n) is 3.16. The van der Waals surface area contributed by atoms with Crippen LogP contribution in [0.4, 0.5) is 8.78 Å². The van der Waals surface area contributed by atoms with E-state index in [9.17, 15) is 13.6 Å². The molecule has 0 atom stereocenters. The molecule has 3 nitrogen and oxygen atoms in total. The van der Waals surface area contributed by atoms with Crippen LogP contribution in [0.5, 0.6) is 0 Å². The minimum atomic E-state index is -2.74. The second-order valence-corrected chi connectivity index (χ2v) is 4.23. The number of alkyl halides is 3. The van der Waals surface area contributed by atoms with Crippen molar-refractivity contribution in [2.45, 2.75) is 18.7 Å². The number of pyridine rings is 1. The van der Waals surface area contributed by atoms with Gasteiger partial charge in [-0.3, -0.25) is 4.79 Å². The van der Waals surface area contributed by atoms with Crippen LogP contribution in [0.2, 0.25) is 0 Å². The standard InChI is InChI=1S/C10H9BrClF2NO2/c1-17-8(16)3-5-2-7(11)15-9(10(13)14)6(5)4-12/h2,10H,3-4H2,1H3. The van der Waals surface area contributed by atoms with Crippen molar-refractivity contribution < 1.29 is 18.3 Å². The first kappa shape index (κ1) is 14.3. The highest BCUT2D eigenvalue weighted by Crippen LogP contribution is 2.28. The van der Waals surface area contributed by atoms with Gasteiger partial charge in [0.25, 0.3) is 6.43 Å². The lowest BCUT2D eigenvalue weighted by molar-refractivity contribution is -0.139. The molecule has 94 valence electrons. The molecular formula is C10H9BrClF2NO2. The van der Waals surface area contributed by atoms with E-state index < -0.39 is 18.1 Å². The summed E-state index contributed by atoms with van der Waals surface area (Å²) in [5.74, 6) is -0.651. The molecular weight excluding hydrogens is 319 g/mol. The van der Waals surface area contributed by atoms with Crippen molar-refractivity contribution in [3.05, 3.63) is 27.5 Å². The SMILES string of the molecule is COC(=O)Cc1cc(Br)nc(C(F)F)c1CCl. The number of carbonyl (C=O) groups is 1. The summed E-state index contributed by atoms with van der Waals surface area (Å²) >= 11 is 8.64. The summed E-state index contributed by atoms with van der Waals surface area (Å²) in [5.41, 5.74) is 0.160. The fourth-order valence-corrected chi connectivity index (χ4v) is 2.11. The number of hydrogen-bond donors (Lipinski definition) is 0. The Hall–Kier alpha value is -0.750. The fraction of sp³-hybridized carbons (Fsp3) is 0.400. The van der Waals surface area contributed by atoms with Crippen LogP contribution < -0.4 is 0 Å². The Morgan fingerprint density at radius 1 is 1.65 bits per heavy atom. The number of nitrogens with zero attached hydrogens (tertiary/aromatic N) is 1. The lowest BCUT2D eigenvalue weighted by Crippen LogP contribution is -2.10. The van der Waals surface area contributed by atoms with E-state index >= 15 is 0 Å². The zero-order valence-corrected chi connectivity index (χ0v) is 11.2.